The summed E-state index contributed by atoms with van der Waals surface area (Å²) in [6.45, 7) is 7.28. The largest absolute Gasteiger partial charge is 0.300 e. The summed E-state index contributed by atoms with van der Waals surface area (Å²) in [4.78, 5) is 11.5. The fourth-order valence-corrected chi connectivity index (χ4v) is 3.39. The predicted molar refractivity (Wildman–Crippen MR) is 55.0 cm³/mol. The summed E-state index contributed by atoms with van der Waals surface area (Å²) < 4.78 is 21.9. The minimum absolute atomic E-state index is 0.154. The van der Waals surface area contributed by atoms with Gasteiger partial charge in [-0.1, -0.05) is 0 Å². The lowest BCUT2D eigenvalue weighted by Gasteiger charge is -2.48. The monoisotopic (exact) mass is 219 g/mol. The van der Waals surface area contributed by atoms with E-state index in [4.69, 9.17) is 0 Å². The molecule has 82 valence electrons. The fourth-order valence-electron chi connectivity index (χ4n) is 2.41. The molecule has 1 N–H and O–H groups in total. The molecule has 1 aliphatic heterocycles. The molecule has 4 nitrogen and oxygen atoms in total. The summed E-state index contributed by atoms with van der Waals surface area (Å²) in [5.41, 5.74) is -1.09. The maximum Gasteiger partial charge on any atom is 0.235 e. The van der Waals surface area contributed by atoms with Gasteiger partial charge in [-0.15, -0.1) is 0 Å². The number of piperidine rings is 1. The number of ketones is 1. The number of hydrogen-bond acceptors (Lipinski definition) is 2. The quantitative estimate of drug-likeness (QED) is 0.677. The second-order valence-corrected chi connectivity index (χ2v) is 5.87. The van der Waals surface area contributed by atoms with Crippen LogP contribution >= 0.6 is 0 Å². The zero-order chi connectivity index (χ0) is 11.1. The van der Waals surface area contributed by atoms with Crippen molar-refractivity contribution in [1.29, 1.82) is 0 Å². The lowest BCUT2D eigenvalue weighted by molar-refractivity contribution is -0.128. The molecule has 1 saturated heterocycles. The normalized spacial score (nSPS) is 28.8. The SMILES string of the molecule is CC1(C)CC(=O)CC(C)(C)N1S(=O)O. The van der Waals surface area contributed by atoms with Gasteiger partial charge in [0.05, 0.1) is 0 Å². The van der Waals surface area contributed by atoms with E-state index in [1.165, 1.54) is 4.31 Å². The van der Waals surface area contributed by atoms with Crippen molar-refractivity contribution >= 4 is 17.0 Å². The van der Waals surface area contributed by atoms with Gasteiger partial charge >= 0.3 is 0 Å². The van der Waals surface area contributed by atoms with Crippen molar-refractivity contribution in [1.82, 2.24) is 4.31 Å². The topological polar surface area (TPSA) is 57.6 Å². The van der Waals surface area contributed by atoms with Crippen LogP contribution in [0.5, 0.6) is 0 Å². The van der Waals surface area contributed by atoms with Crippen molar-refractivity contribution in [2.45, 2.75) is 51.6 Å². The molecule has 0 aromatic carbocycles. The first-order chi connectivity index (χ1) is 6.17. The first kappa shape index (κ1) is 11.8. The molecule has 0 radical (unpaired) electrons. The summed E-state index contributed by atoms with van der Waals surface area (Å²) in [6, 6.07) is 0. The minimum atomic E-state index is -2.02. The summed E-state index contributed by atoms with van der Waals surface area (Å²) in [5.74, 6) is 0.154. The summed E-state index contributed by atoms with van der Waals surface area (Å²) in [5, 5.41) is 0. The van der Waals surface area contributed by atoms with Crippen molar-refractivity contribution < 1.29 is 13.6 Å². The molecule has 1 heterocycles. The van der Waals surface area contributed by atoms with Gasteiger partial charge in [0.1, 0.15) is 5.78 Å². The van der Waals surface area contributed by atoms with Crippen LogP contribution in [0.4, 0.5) is 0 Å². The van der Waals surface area contributed by atoms with Crippen LogP contribution < -0.4 is 0 Å². The van der Waals surface area contributed by atoms with Crippen LogP contribution in [-0.2, 0) is 16.1 Å². The molecule has 0 aromatic heterocycles. The number of carbonyl (C=O) groups is 1. The average Bonchev–Trinajstić information content (AvgIpc) is 1.75. The molecule has 0 amide bonds. The van der Waals surface area contributed by atoms with E-state index in [0.29, 0.717) is 12.8 Å². The van der Waals surface area contributed by atoms with Crippen molar-refractivity contribution in [2.75, 3.05) is 0 Å². The second kappa shape index (κ2) is 3.40. The van der Waals surface area contributed by atoms with E-state index in [0.717, 1.165) is 0 Å². The maximum absolute atomic E-state index is 11.5. The van der Waals surface area contributed by atoms with Crippen LogP contribution in [0.2, 0.25) is 0 Å². The minimum Gasteiger partial charge on any atom is -0.300 e. The molecule has 0 spiro atoms. The molecule has 0 aliphatic carbocycles. The van der Waals surface area contributed by atoms with Gasteiger partial charge in [-0.05, 0) is 27.7 Å². The van der Waals surface area contributed by atoms with Crippen molar-refractivity contribution in [3.63, 3.8) is 0 Å². The Balaban J connectivity index is 3.09. The Hall–Kier alpha value is -0.260. The van der Waals surface area contributed by atoms with Crippen LogP contribution in [0, 0.1) is 0 Å². The van der Waals surface area contributed by atoms with Crippen molar-refractivity contribution in [3.8, 4) is 0 Å². The van der Waals surface area contributed by atoms with Gasteiger partial charge in [-0.3, -0.25) is 9.35 Å². The molecule has 0 aromatic rings. The molecular weight excluding hydrogens is 202 g/mol. The predicted octanol–water partition coefficient (Wildman–Crippen LogP) is 1.35. The Morgan fingerprint density at radius 3 is 1.86 bits per heavy atom. The summed E-state index contributed by atoms with van der Waals surface area (Å²) in [6.07, 6.45) is 0.672. The van der Waals surface area contributed by atoms with Crippen LogP contribution in [0.1, 0.15) is 40.5 Å². The first-order valence-electron chi connectivity index (χ1n) is 4.60. The number of carbonyl (C=O) groups excluding carboxylic acids is 1. The third-order valence-electron chi connectivity index (χ3n) is 2.52. The maximum atomic E-state index is 11.5. The Bertz CT molecular complexity index is 266. The zero-order valence-electron chi connectivity index (χ0n) is 9.03. The highest BCUT2D eigenvalue weighted by atomic mass is 32.2. The molecular formula is C9H17NO3S. The first-order valence-corrected chi connectivity index (χ1v) is 5.66. The molecule has 1 fully saturated rings. The average molecular weight is 219 g/mol. The highest BCUT2D eigenvalue weighted by Gasteiger charge is 2.47. The number of Topliss-reactive ketones (excluding diaryl/α,β-unsaturated/α-hetero) is 1. The van der Waals surface area contributed by atoms with Gasteiger partial charge in [0.25, 0.3) is 0 Å². The van der Waals surface area contributed by atoms with E-state index in [9.17, 15) is 13.6 Å². The van der Waals surface area contributed by atoms with E-state index in [1.54, 1.807) is 0 Å². The smallest absolute Gasteiger partial charge is 0.235 e. The highest BCUT2D eigenvalue weighted by Crippen LogP contribution is 2.37. The van der Waals surface area contributed by atoms with Gasteiger partial charge in [-0.25, -0.2) is 4.21 Å². The van der Waals surface area contributed by atoms with E-state index >= 15 is 0 Å². The third-order valence-corrected chi connectivity index (χ3v) is 3.82. The number of rotatable bonds is 1. The molecule has 5 heteroatoms. The third kappa shape index (κ3) is 2.04. The summed E-state index contributed by atoms with van der Waals surface area (Å²) in [7, 11) is 0. The van der Waals surface area contributed by atoms with Crippen LogP contribution in [0.3, 0.4) is 0 Å². The van der Waals surface area contributed by atoms with Gasteiger partial charge in [0.15, 0.2) is 0 Å². The van der Waals surface area contributed by atoms with Crippen LogP contribution in [-0.4, -0.2) is 29.9 Å². The molecule has 1 unspecified atom stereocenters. The molecule has 1 rings (SSSR count). The van der Waals surface area contributed by atoms with Crippen LogP contribution in [0.15, 0.2) is 0 Å². The van der Waals surface area contributed by atoms with E-state index in [1.807, 2.05) is 27.7 Å². The molecule has 14 heavy (non-hydrogen) atoms. The van der Waals surface area contributed by atoms with Gasteiger partial charge in [-0.2, -0.15) is 4.31 Å². The molecule has 0 saturated carbocycles. The number of hydrogen-bond donors (Lipinski definition) is 1. The zero-order valence-corrected chi connectivity index (χ0v) is 9.85. The lowest BCUT2D eigenvalue weighted by Crippen LogP contribution is -2.61. The Kier molecular flexibility index (Phi) is 2.87. The molecule has 1 atom stereocenters. The Labute approximate surface area is 87.1 Å². The highest BCUT2D eigenvalue weighted by molar-refractivity contribution is 7.76. The lowest BCUT2D eigenvalue weighted by atomic mass is 9.82. The molecule has 0 bridgehead atoms. The number of nitrogens with zero attached hydrogens (tertiary/aromatic N) is 1. The van der Waals surface area contributed by atoms with Gasteiger partial charge in [0, 0.05) is 23.9 Å². The Morgan fingerprint density at radius 1 is 1.21 bits per heavy atom. The van der Waals surface area contributed by atoms with Crippen molar-refractivity contribution in [3.05, 3.63) is 0 Å². The van der Waals surface area contributed by atoms with Crippen LogP contribution in [0.25, 0.3) is 0 Å². The van der Waals surface area contributed by atoms with E-state index in [2.05, 4.69) is 0 Å². The van der Waals surface area contributed by atoms with E-state index in [-0.39, 0.29) is 5.78 Å². The molecule has 1 aliphatic rings. The van der Waals surface area contributed by atoms with Crippen molar-refractivity contribution in [2.24, 2.45) is 0 Å². The Morgan fingerprint density at radius 2 is 1.57 bits per heavy atom. The summed E-state index contributed by atoms with van der Waals surface area (Å²) >= 11 is -2.02. The standard InChI is InChI=1S/C9H17NO3S/c1-8(2)5-7(11)6-9(3,4)10(8)14(12)13/h5-6H2,1-4H3,(H,12,13). The fraction of sp³-hybridized carbons (Fsp3) is 0.889. The van der Waals surface area contributed by atoms with Gasteiger partial charge in [0.2, 0.25) is 11.3 Å². The van der Waals surface area contributed by atoms with E-state index < -0.39 is 22.3 Å². The van der Waals surface area contributed by atoms with Gasteiger partial charge < -0.3 is 0 Å². The second-order valence-electron chi connectivity index (χ2n) is 5.04.